The molecule has 1 aliphatic rings. The number of aryl methyl sites for hydroxylation is 1. The number of nitrogens with zero attached hydrogens (tertiary/aromatic N) is 1. The lowest BCUT2D eigenvalue weighted by atomic mass is 10.1. The van der Waals surface area contributed by atoms with E-state index in [-0.39, 0.29) is 18.1 Å². The topological polar surface area (TPSA) is 66.0 Å². The maximum atomic E-state index is 11.7. The lowest BCUT2D eigenvalue weighted by molar-refractivity contribution is 0.251. The van der Waals surface area contributed by atoms with Crippen LogP contribution in [0.5, 0.6) is 0 Å². The number of aromatic nitrogens is 1. The predicted molar refractivity (Wildman–Crippen MR) is 98.4 cm³/mol. The summed E-state index contributed by atoms with van der Waals surface area (Å²) in [7, 11) is 0. The molecule has 3 rings (SSSR count). The first-order chi connectivity index (χ1) is 11.5. The highest BCUT2D eigenvalue weighted by molar-refractivity contribution is 7.11. The highest BCUT2D eigenvalue weighted by Crippen LogP contribution is 2.24. The van der Waals surface area contributed by atoms with E-state index in [0.717, 1.165) is 23.5 Å². The zero-order chi connectivity index (χ0) is 17.1. The molecule has 0 saturated heterocycles. The fourth-order valence-electron chi connectivity index (χ4n) is 2.55. The van der Waals surface area contributed by atoms with Gasteiger partial charge in [0.25, 0.3) is 0 Å². The summed E-state index contributed by atoms with van der Waals surface area (Å²) in [5.74, 6) is 0. The molecule has 0 bridgehead atoms. The van der Waals surface area contributed by atoms with Gasteiger partial charge in [-0.2, -0.15) is 0 Å². The summed E-state index contributed by atoms with van der Waals surface area (Å²) >= 11 is 1.72. The van der Waals surface area contributed by atoms with E-state index in [1.54, 1.807) is 11.3 Å². The van der Waals surface area contributed by atoms with Gasteiger partial charge in [-0.15, -0.1) is 11.3 Å². The van der Waals surface area contributed by atoms with Gasteiger partial charge in [0.2, 0.25) is 0 Å². The van der Waals surface area contributed by atoms with Crippen LogP contribution in [-0.2, 0) is 0 Å². The first kappa shape index (κ1) is 16.9. The quantitative estimate of drug-likeness (QED) is 0.737. The number of carbonyl (C=O) groups excluding carboxylic acids is 1. The number of anilines is 1. The lowest BCUT2D eigenvalue weighted by Gasteiger charge is -2.19. The first-order valence-electron chi connectivity index (χ1n) is 8.37. The van der Waals surface area contributed by atoms with Crippen molar-refractivity contribution < 1.29 is 4.79 Å². The van der Waals surface area contributed by atoms with Gasteiger partial charge in [-0.3, -0.25) is 0 Å². The van der Waals surface area contributed by atoms with Gasteiger partial charge in [0, 0.05) is 28.8 Å². The molecule has 1 saturated carbocycles. The van der Waals surface area contributed by atoms with Crippen LogP contribution >= 0.6 is 11.3 Å². The van der Waals surface area contributed by atoms with E-state index in [2.05, 4.69) is 41.7 Å². The molecule has 1 heterocycles. The zero-order valence-electron chi connectivity index (χ0n) is 14.3. The number of amides is 2. The van der Waals surface area contributed by atoms with Gasteiger partial charge < -0.3 is 16.0 Å². The lowest BCUT2D eigenvalue weighted by Crippen LogP contribution is -2.30. The Balaban J connectivity index is 1.54. The molecule has 5 nitrogen and oxygen atoms in total. The molecule has 0 unspecified atom stereocenters. The molecule has 1 aromatic heterocycles. The summed E-state index contributed by atoms with van der Waals surface area (Å²) < 4.78 is 0. The molecule has 1 fully saturated rings. The van der Waals surface area contributed by atoms with Gasteiger partial charge >= 0.3 is 6.03 Å². The van der Waals surface area contributed by atoms with Gasteiger partial charge in [0.15, 0.2) is 0 Å². The Hall–Kier alpha value is -1.92. The van der Waals surface area contributed by atoms with Crippen LogP contribution in [-0.4, -0.2) is 17.1 Å². The van der Waals surface area contributed by atoms with Gasteiger partial charge in [0.05, 0.1) is 6.04 Å². The Kier molecular flexibility index (Phi) is 5.16. The molecule has 2 amide bonds. The molecule has 1 aliphatic carbocycles. The van der Waals surface area contributed by atoms with Gasteiger partial charge in [0.1, 0.15) is 5.01 Å². The monoisotopic (exact) mass is 344 g/mol. The second kappa shape index (κ2) is 7.32. The van der Waals surface area contributed by atoms with Gasteiger partial charge in [-0.25, -0.2) is 9.78 Å². The van der Waals surface area contributed by atoms with E-state index in [1.807, 2.05) is 30.5 Å². The van der Waals surface area contributed by atoms with E-state index >= 15 is 0 Å². The molecule has 24 heavy (non-hydrogen) atoms. The molecule has 2 atom stereocenters. The van der Waals surface area contributed by atoms with Crippen molar-refractivity contribution in [3.8, 4) is 0 Å². The predicted octanol–water partition coefficient (Wildman–Crippen LogP) is 4.15. The average molecular weight is 344 g/mol. The van der Waals surface area contributed by atoms with Crippen molar-refractivity contribution in [2.75, 3.05) is 5.32 Å². The summed E-state index contributed by atoms with van der Waals surface area (Å²) in [4.78, 5) is 17.4. The minimum Gasteiger partial charge on any atom is -0.335 e. The van der Waals surface area contributed by atoms with Gasteiger partial charge in [-0.05, 0) is 51.3 Å². The van der Waals surface area contributed by atoms with Crippen molar-refractivity contribution >= 4 is 23.1 Å². The highest BCUT2D eigenvalue weighted by Gasteiger charge is 2.23. The van der Waals surface area contributed by atoms with Crippen molar-refractivity contribution in [3.05, 3.63) is 45.9 Å². The van der Waals surface area contributed by atoms with E-state index < -0.39 is 0 Å². The number of carbonyl (C=O) groups is 1. The zero-order valence-corrected chi connectivity index (χ0v) is 15.1. The van der Waals surface area contributed by atoms with Crippen LogP contribution in [0.4, 0.5) is 10.5 Å². The number of hydrogen-bond donors (Lipinski definition) is 3. The molecule has 6 heteroatoms. The van der Waals surface area contributed by atoms with Crippen molar-refractivity contribution in [2.24, 2.45) is 0 Å². The normalized spacial score (nSPS) is 16.5. The summed E-state index contributed by atoms with van der Waals surface area (Å²) in [6, 6.07) is 8.64. The molecular formula is C18H24N4OS. The molecule has 1 aromatic carbocycles. The van der Waals surface area contributed by atoms with Crippen molar-refractivity contribution in [1.29, 1.82) is 0 Å². The van der Waals surface area contributed by atoms with Crippen LogP contribution in [0.1, 0.15) is 54.2 Å². The Morgan fingerprint density at radius 3 is 2.50 bits per heavy atom. The van der Waals surface area contributed by atoms with Crippen LogP contribution in [0, 0.1) is 6.92 Å². The van der Waals surface area contributed by atoms with E-state index in [1.165, 1.54) is 10.4 Å². The van der Waals surface area contributed by atoms with Crippen molar-refractivity contribution in [3.63, 3.8) is 0 Å². The third kappa shape index (κ3) is 4.55. The van der Waals surface area contributed by atoms with Crippen molar-refractivity contribution in [1.82, 2.24) is 15.6 Å². The standard InChI is InChI=1S/C18H24N4OS/c1-11-10-19-17(24-11)13(3)20-12(2)14-4-6-15(7-5-14)21-18(23)22-16-8-9-16/h4-7,10,12-13,16,20H,8-9H2,1-3H3,(H2,21,22,23)/t12-,13-/m1/s1. The fraction of sp³-hybridized carbons (Fsp3) is 0.444. The summed E-state index contributed by atoms with van der Waals surface area (Å²) in [6.45, 7) is 6.34. The van der Waals surface area contributed by atoms with Crippen LogP contribution in [0.2, 0.25) is 0 Å². The van der Waals surface area contributed by atoms with Gasteiger partial charge in [-0.1, -0.05) is 12.1 Å². The third-order valence-corrected chi connectivity index (χ3v) is 5.19. The molecule has 0 radical (unpaired) electrons. The minimum atomic E-state index is -0.121. The molecule has 0 aliphatic heterocycles. The Bertz CT molecular complexity index is 693. The Morgan fingerprint density at radius 1 is 1.21 bits per heavy atom. The van der Waals surface area contributed by atoms with Crippen LogP contribution < -0.4 is 16.0 Å². The van der Waals surface area contributed by atoms with Crippen LogP contribution in [0.25, 0.3) is 0 Å². The van der Waals surface area contributed by atoms with Crippen LogP contribution in [0.15, 0.2) is 30.5 Å². The third-order valence-electron chi connectivity index (χ3n) is 4.09. The molecule has 2 aromatic rings. The summed E-state index contributed by atoms with van der Waals surface area (Å²) in [5.41, 5.74) is 2.00. The molecule has 128 valence electrons. The fourth-order valence-corrected chi connectivity index (χ4v) is 3.34. The largest absolute Gasteiger partial charge is 0.335 e. The number of rotatable bonds is 6. The Morgan fingerprint density at radius 2 is 1.92 bits per heavy atom. The summed E-state index contributed by atoms with van der Waals surface area (Å²) in [6.07, 6.45) is 4.09. The number of hydrogen-bond acceptors (Lipinski definition) is 4. The molecular weight excluding hydrogens is 320 g/mol. The number of thiazole rings is 1. The maximum Gasteiger partial charge on any atom is 0.319 e. The molecule has 3 N–H and O–H groups in total. The second-order valence-corrected chi connectivity index (χ2v) is 7.68. The molecule has 0 spiro atoms. The first-order valence-corrected chi connectivity index (χ1v) is 9.19. The number of nitrogens with one attached hydrogen (secondary N) is 3. The highest BCUT2D eigenvalue weighted by atomic mass is 32.1. The smallest absolute Gasteiger partial charge is 0.319 e. The SMILES string of the molecule is Cc1cnc([C@@H](C)N[C@H](C)c2ccc(NC(=O)NC3CC3)cc2)s1. The van der Waals surface area contributed by atoms with Crippen LogP contribution in [0.3, 0.4) is 0 Å². The average Bonchev–Trinajstić information content (AvgIpc) is 3.25. The van der Waals surface area contributed by atoms with E-state index in [9.17, 15) is 4.79 Å². The van der Waals surface area contributed by atoms with E-state index in [0.29, 0.717) is 6.04 Å². The second-order valence-electron chi connectivity index (χ2n) is 6.41. The maximum absolute atomic E-state index is 11.7. The minimum absolute atomic E-state index is 0.121. The van der Waals surface area contributed by atoms with Crippen molar-refractivity contribution in [2.45, 2.75) is 51.7 Å². The number of benzene rings is 1. The van der Waals surface area contributed by atoms with E-state index in [4.69, 9.17) is 0 Å². The Labute approximate surface area is 146 Å². The summed E-state index contributed by atoms with van der Waals surface area (Å²) in [5, 5.41) is 10.5. The number of urea groups is 1.